The largest absolute Gasteiger partial charge is 0.445 e. The van der Waals surface area contributed by atoms with Crippen LogP contribution in [0.3, 0.4) is 0 Å². The maximum atomic E-state index is 12.1. The molecule has 0 unspecified atom stereocenters. The molecular weight excluding hydrogens is 554 g/mol. The van der Waals surface area contributed by atoms with E-state index < -0.39 is 11.7 Å². The number of β-amino-alcohol motifs (C(OH)–C–C–N with tert-alkyl or cyclic N) is 1. The van der Waals surface area contributed by atoms with E-state index in [4.69, 9.17) is 23.7 Å². The molecule has 0 aromatic heterocycles. The van der Waals surface area contributed by atoms with Crippen LogP contribution in [0, 0.1) is 0 Å². The Labute approximate surface area is 230 Å². The number of hydrogen-bond donors (Lipinski definition) is 1. The SMILES string of the molecule is Brc1cccc(C2OCCO2)c1.O=C(OCc1ccccc1)N1CC(O)(c2cccc(C3OCCO3)c2)C1. The third-order valence-corrected chi connectivity index (χ3v) is 6.92. The molecule has 1 N–H and O–H groups in total. The van der Waals surface area contributed by atoms with Gasteiger partial charge in [-0.2, -0.15) is 0 Å². The van der Waals surface area contributed by atoms with Crippen molar-refractivity contribution in [2.75, 3.05) is 39.5 Å². The summed E-state index contributed by atoms with van der Waals surface area (Å²) in [4.78, 5) is 13.6. The Kier molecular flexibility index (Phi) is 8.73. The van der Waals surface area contributed by atoms with Gasteiger partial charge in [-0.15, -0.1) is 0 Å². The molecule has 3 aromatic rings. The lowest BCUT2D eigenvalue weighted by Crippen LogP contribution is -2.61. The van der Waals surface area contributed by atoms with Crippen LogP contribution in [-0.2, 0) is 35.9 Å². The Morgan fingerprint density at radius 3 is 2.03 bits per heavy atom. The summed E-state index contributed by atoms with van der Waals surface area (Å²) in [6.07, 6.45) is -0.967. The minimum absolute atomic E-state index is 0.164. The van der Waals surface area contributed by atoms with Crippen LogP contribution in [0.25, 0.3) is 0 Å². The molecule has 200 valence electrons. The van der Waals surface area contributed by atoms with Crippen molar-refractivity contribution in [3.05, 3.63) is 106 Å². The molecule has 0 aliphatic carbocycles. The van der Waals surface area contributed by atoms with Gasteiger partial charge in [0.25, 0.3) is 0 Å². The summed E-state index contributed by atoms with van der Waals surface area (Å²) in [5.74, 6) is 0. The fourth-order valence-corrected chi connectivity index (χ4v) is 4.85. The Hall–Kier alpha value is -2.79. The van der Waals surface area contributed by atoms with E-state index in [9.17, 15) is 9.90 Å². The van der Waals surface area contributed by atoms with E-state index in [1.165, 1.54) is 4.90 Å². The first-order valence-electron chi connectivity index (χ1n) is 12.5. The molecule has 9 heteroatoms. The predicted octanol–water partition coefficient (Wildman–Crippen LogP) is 5.07. The number of ether oxygens (including phenoxy) is 5. The predicted molar refractivity (Wildman–Crippen MR) is 142 cm³/mol. The van der Waals surface area contributed by atoms with Crippen molar-refractivity contribution in [1.82, 2.24) is 4.90 Å². The van der Waals surface area contributed by atoms with E-state index in [1.807, 2.05) is 78.9 Å². The zero-order valence-electron chi connectivity index (χ0n) is 20.8. The van der Waals surface area contributed by atoms with Crippen LogP contribution in [0.5, 0.6) is 0 Å². The van der Waals surface area contributed by atoms with Crippen molar-refractivity contribution in [2.45, 2.75) is 24.8 Å². The highest BCUT2D eigenvalue weighted by Crippen LogP contribution is 2.34. The summed E-state index contributed by atoms with van der Waals surface area (Å²) >= 11 is 3.40. The number of rotatable bonds is 5. The topological polar surface area (TPSA) is 86.7 Å². The Bertz CT molecular complexity index is 1210. The van der Waals surface area contributed by atoms with Gasteiger partial charge in [-0.25, -0.2) is 4.79 Å². The summed E-state index contributed by atoms with van der Waals surface area (Å²) in [5.41, 5.74) is 2.56. The molecule has 6 rings (SSSR count). The monoisotopic (exact) mass is 583 g/mol. The first kappa shape index (κ1) is 26.8. The third kappa shape index (κ3) is 6.61. The molecule has 3 heterocycles. The van der Waals surface area contributed by atoms with E-state index >= 15 is 0 Å². The molecule has 3 aliphatic heterocycles. The molecule has 0 radical (unpaired) electrons. The highest BCUT2D eigenvalue weighted by molar-refractivity contribution is 9.10. The average molecular weight is 584 g/mol. The first-order valence-corrected chi connectivity index (χ1v) is 13.3. The molecule has 38 heavy (non-hydrogen) atoms. The number of halogens is 1. The maximum absolute atomic E-state index is 12.1. The molecule has 0 spiro atoms. The Balaban J connectivity index is 0.000000204. The Morgan fingerprint density at radius 2 is 1.42 bits per heavy atom. The quantitative estimate of drug-likeness (QED) is 0.449. The zero-order chi connectivity index (χ0) is 26.4. The van der Waals surface area contributed by atoms with Crippen molar-refractivity contribution in [1.29, 1.82) is 0 Å². The maximum Gasteiger partial charge on any atom is 0.410 e. The Morgan fingerprint density at radius 1 is 0.842 bits per heavy atom. The zero-order valence-corrected chi connectivity index (χ0v) is 22.4. The fraction of sp³-hybridized carbons (Fsp3) is 0.345. The lowest BCUT2D eigenvalue weighted by atomic mass is 9.85. The highest BCUT2D eigenvalue weighted by atomic mass is 79.9. The molecule has 3 saturated heterocycles. The van der Waals surface area contributed by atoms with Gasteiger partial charge in [-0.05, 0) is 29.3 Å². The summed E-state index contributed by atoms with van der Waals surface area (Å²) in [6.45, 7) is 3.15. The molecule has 0 saturated carbocycles. The van der Waals surface area contributed by atoms with Gasteiger partial charge >= 0.3 is 6.09 Å². The van der Waals surface area contributed by atoms with E-state index in [0.29, 0.717) is 26.4 Å². The molecule has 3 aromatic carbocycles. The van der Waals surface area contributed by atoms with Crippen molar-refractivity contribution < 1.29 is 33.6 Å². The number of aliphatic hydroxyl groups is 1. The first-order chi connectivity index (χ1) is 18.5. The second-order valence-electron chi connectivity index (χ2n) is 9.26. The van der Waals surface area contributed by atoms with E-state index in [2.05, 4.69) is 15.9 Å². The molecule has 0 bridgehead atoms. The summed E-state index contributed by atoms with van der Waals surface area (Å²) in [7, 11) is 0. The van der Waals surface area contributed by atoms with Gasteiger partial charge in [0.15, 0.2) is 12.6 Å². The van der Waals surface area contributed by atoms with E-state index in [1.54, 1.807) is 0 Å². The van der Waals surface area contributed by atoms with E-state index in [0.717, 1.165) is 26.7 Å². The van der Waals surface area contributed by atoms with Crippen LogP contribution in [-0.4, -0.2) is 55.6 Å². The number of likely N-dealkylation sites (tertiary alicyclic amines) is 1. The number of amides is 1. The molecule has 3 fully saturated rings. The minimum atomic E-state index is -1.07. The number of hydrogen-bond acceptors (Lipinski definition) is 7. The lowest BCUT2D eigenvalue weighted by molar-refractivity contribution is -0.0953. The van der Waals surface area contributed by atoms with Crippen LogP contribution < -0.4 is 0 Å². The van der Waals surface area contributed by atoms with Crippen LogP contribution >= 0.6 is 15.9 Å². The molecule has 1 amide bonds. The van der Waals surface area contributed by atoms with Crippen molar-refractivity contribution in [3.63, 3.8) is 0 Å². The van der Waals surface area contributed by atoms with Crippen LogP contribution in [0.1, 0.15) is 34.8 Å². The van der Waals surface area contributed by atoms with E-state index in [-0.39, 0.29) is 32.3 Å². The second-order valence-corrected chi connectivity index (χ2v) is 10.2. The second kappa shape index (κ2) is 12.4. The highest BCUT2D eigenvalue weighted by Gasteiger charge is 2.46. The standard InChI is InChI=1S/C20H21NO5.C9H9BrO2/c22-19(26-12-15-5-2-1-3-6-15)21-13-20(23,14-21)17-8-4-7-16(11-17)18-24-9-10-25-18;10-8-3-1-2-7(6-8)9-11-4-5-12-9/h1-8,11,18,23H,9-10,12-14H2;1-3,6,9H,4-5H2. The molecule has 0 atom stereocenters. The fourth-order valence-electron chi connectivity index (χ4n) is 4.44. The lowest BCUT2D eigenvalue weighted by Gasteiger charge is -2.46. The number of benzene rings is 3. The third-order valence-electron chi connectivity index (χ3n) is 6.43. The minimum Gasteiger partial charge on any atom is -0.445 e. The van der Waals surface area contributed by atoms with Crippen LogP contribution in [0.4, 0.5) is 4.79 Å². The normalized spacial score (nSPS) is 18.9. The van der Waals surface area contributed by atoms with Gasteiger partial charge in [0.2, 0.25) is 0 Å². The van der Waals surface area contributed by atoms with Gasteiger partial charge in [0.05, 0.1) is 39.5 Å². The van der Waals surface area contributed by atoms with Gasteiger partial charge in [-0.1, -0.05) is 76.6 Å². The van der Waals surface area contributed by atoms with Crippen molar-refractivity contribution >= 4 is 22.0 Å². The average Bonchev–Trinajstić information content (AvgIpc) is 3.66. The van der Waals surface area contributed by atoms with Crippen molar-refractivity contribution in [3.8, 4) is 0 Å². The van der Waals surface area contributed by atoms with Gasteiger partial charge in [0, 0.05) is 15.6 Å². The summed E-state index contributed by atoms with van der Waals surface area (Å²) < 4.78 is 28.1. The smallest absolute Gasteiger partial charge is 0.410 e. The van der Waals surface area contributed by atoms with Gasteiger partial charge in [-0.3, -0.25) is 0 Å². The van der Waals surface area contributed by atoms with Crippen LogP contribution in [0.15, 0.2) is 83.3 Å². The van der Waals surface area contributed by atoms with Crippen LogP contribution in [0.2, 0.25) is 0 Å². The van der Waals surface area contributed by atoms with Crippen molar-refractivity contribution in [2.24, 2.45) is 0 Å². The summed E-state index contributed by atoms with van der Waals surface area (Å²) in [5, 5.41) is 10.8. The van der Waals surface area contributed by atoms with Gasteiger partial charge in [0.1, 0.15) is 12.2 Å². The molecule has 3 aliphatic rings. The number of nitrogens with zero attached hydrogens (tertiary/aromatic N) is 1. The van der Waals surface area contributed by atoms with Gasteiger partial charge < -0.3 is 33.7 Å². The number of carbonyl (C=O) groups excluding carboxylic acids is 1. The molecular formula is C29H30BrNO7. The molecule has 8 nitrogen and oxygen atoms in total. The summed E-state index contributed by atoms with van der Waals surface area (Å²) in [6, 6.07) is 25.0. The number of carbonyl (C=O) groups is 1.